The highest BCUT2D eigenvalue weighted by atomic mass is 32.2. The lowest BCUT2D eigenvalue weighted by Gasteiger charge is -2.06. The Balaban J connectivity index is 2.64. The molecule has 14 heavy (non-hydrogen) atoms. The van der Waals surface area contributed by atoms with E-state index < -0.39 is 0 Å². The Kier molecular flexibility index (Phi) is 4.34. The molecule has 1 aromatic rings. The third-order valence-electron chi connectivity index (χ3n) is 2.01. The van der Waals surface area contributed by atoms with E-state index in [0.717, 1.165) is 12.2 Å². The lowest BCUT2D eigenvalue weighted by atomic mass is 10.1. The maximum atomic E-state index is 8.79. The van der Waals surface area contributed by atoms with Crippen LogP contribution in [0.3, 0.4) is 0 Å². The number of nitrogens with zero attached hydrogens (tertiary/aromatic N) is 1. The minimum Gasteiger partial charge on any atom is -0.497 e. The Bertz CT molecular complexity index is 315. The highest BCUT2D eigenvalue weighted by molar-refractivity contribution is 7.99. The van der Waals surface area contributed by atoms with E-state index in [1.165, 1.54) is 5.56 Å². The summed E-state index contributed by atoms with van der Waals surface area (Å²) in [6.07, 6.45) is 2.75. The van der Waals surface area contributed by atoms with Gasteiger partial charge in [-0.3, -0.25) is 0 Å². The molecule has 0 amide bonds. The van der Waals surface area contributed by atoms with Crippen LogP contribution in [0.15, 0.2) is 24.3 Å². The number of nitriles is 1. The minimum absolute atomic E-state index is 0.0448. The molecular weight excluding hydrogens is 194 g/mol. The predicted octanol–water partition coefficient (Wildman–Crippen LogP) is 2.49. The molecule has 0 fully saturated rings. The van der Waals surface area contributed by atoms with Crippen molar-refractivity contribution < 1.29 is 4.74 Å². The fraction of sp³-hybridized carbons (Fsp3) is 0.364. The number of hydrogen-bond acceptors (Lipinski definition) is 3. The zero-order chi connectivity index (χ0) is 10.4. The smallest absolute Gasteiger partial charge is 0.118 e. The second kappa shape index (κ2) is 5.56. The van der Waals surface area contributed by atoms with Crippen molar-refractivity contribution in [3.8, 4) is 11.8 Å². The van der Waals surface area contributed by atoms with Gasteiger partial charge in [0.2, 0.25) is 0 Å². The number of benzene rings is 1. The van der Waals surface area contributed by atoms with Crippen LogP contribution in [0.4, 0.5) is 0 Å². The van der Waals surface area contributed by atoms with Crippen LogP contribution in [-0.2, 0) is 6.42 Å². The summed E-state index contributed by atoms with van der Waals surface area (Å²) in [5.41, 5.74) is 1.17. The fourth-order valence-electron chi connectivity index (χ4n) is 1.16. The first-order valence-corrected chi connectivity index (χ1v) is 5.64. The molecule has 0 aliphatic heterocycles. The molecule has 74 valence electrons. The van der Waals surface area contributed by atoms with Crippen molar-refractivity contribution in [3.05, 3.63) is 29.8 Å². The second-order valence-electron chi connectivity index (χ2n) is 2.91. The summed E-state index contributed by atoms with van der Waals surface area (Å²) >= 11 is 1.58. The Morgan fingerprint density at radius 3 is 2.50 bits per heavy atom. The molecule has 1 aromatic carbocycles. The summed E-state index contributed by atoms with van der Waals surface area (Å²) in [6, 6.07) is 10.1. The van der Waals surface area contributed by atoms with Crippen molar-refractivity contribution in [2.45, 2.75) is 11.7 Å². The normalized spacial score (nSPS) is 11.8. The zero-order valence-electron chi connectivity index (χ0n) is 8.36. The molecule has 1 atom stereocenters. The third kappa shape index (κ3) is 2.97. The largest absolute Gasteiger partial charge is 0.497 e. The fourth-order valence-corrected chi connectivity index (χ4v) is 1.62. The zero-order valence-corrected chi connectivity index (χ0v) is 9.17. The third-order valence-corrected chi connectivity index (χ3v) is 2.85. The number of rotatable bonds is 4. The van der Waals surface area contributed by atoms with Crippen LogP contribution in [0, 0.1) is 11.3 Å². The lowest BCUT2D eigenvalue weighted by molar-refractivity contribution is 0.414. The molecule has 0 saturated heterocycles. The van der Waals surface area contributed by atoms with Crippen molar-refractivity contribution in [1.29, 1.82) is 5.26 Å². The summed E-state index contributed by atoms with van der Waals surface area (Å²) in [4.78, 5) is 0. The van der Waals surface area contributed by atoms with E-state index in [4.69, 9.17) is 10.00 Å². The molecule has 0 heterocycles. The van der Waals surface area contributed by atoms with Crippen LogP contribution in [0.1, 0.15) is 5.56 Å². The van der Waals surface area contributed by atoms with E-state index in [1.54, 1.807) is 18.9 Å². The summed E-state index contributed by atoms with van der Waals surface area (Å²) in [6.45, 7) is 0. The number of hydrogen-bond donors (Lipinski definition) is 0. The van der Waals surface area contributed by atoms with Gasteiger partial charge < -0.3 is 4.74 Å². The molecule has 2 nitrogen and oxygen atoms in total. The van der Waals surface area contributed by atoms with Crippen LogP contribution in [-0.4, -0.2) is 18.6 Å². The maximum Gasteiger partial charge on any atom is 0.118 e. The topological polar surface area (TPSA) is 33.0 Å². The van der Waals surface area contributed by atoms with E-state index in [2.05, 4.69) is 6.07 Å². The highest BCUT2D eigenvalue weighted by Crippen LogP contribution is 2.16. The molecule has 0 N–H and O–H groups in total. The van der Waals surface area contributed by atoms with Crippen LogP contribution >= 0.6 is 11.8 Å². The number of thioether (sulfide) groups is 1. The Labute approximate surface area is 88.9 Å². The van der Waals surface area contributed by atoms with Gasteiger partial charge in [-0.25, -0.2) is 0 Å². The minimum atomic E-state index is 0.0448. The van der Waals surface area contributed by atoms with Crippen LogP contribution in [0.25, 0.3) is 0 Å². The average Bonchev–Trinajstić information content (AvgIpc) is 2.26. The Morgan fingerprint density at radius 1 is 1.43 bits per heavy atom. The highest BCUT2D eigenvalue weighted by Gasteiger charge is 2.05. The molecule has 1 rings (SSSR count). The van der Waals surface area contributed by atoms with Gasteiger partial charge in [-0.05, 0) is 30.4 Å². The van der Waals surface area contributed by atoms with Crippen molar-refractivity contribution in [2.75, 3.05) is 13.4 Å². The van der Waals surface area contributed by atoms with Gasteiger partial charge >= 0.3 is 0 Å². The van der Waals surface area contributed by atoms with Crippen molar-refractivity contribution in [3.63, 3.8) is 0 Å². The summed E-state index contributed by atoms with van der Waals surface area (Å²) in [7, 11) is 1.65. The SMILES string of the molecule is COc1ccc(CC(C#N)SC)cc1. The molecule has 0 spiro atoms. The van der Waals surface area contributed by atoms with E-state index in [1.807, 2.05) is 30.5 Å². The molecule has 3 heteroatoms. The van der Waals surface area contributed by atoms with Crippen molar-refractivity contribution in [1.82, 2.24) is 0 Å². The molecule has 0 aliphatic rings. The van der Waals surface area contributed by atoms with Gasteiger partial charge in [-0.2, -0.15) is 5.26 Å². The standard InChI is InChI=1S/C11H13NOS/c1-13-10-5-3-9(4-6-10)7-11(8-12)14-2/h3-6,11H,7H2,1-2H3. The molecule has 0 radical (unpaired) electrons. The first-order chi connectivity index (χ1) is 6.80. The van der Waals surface area contributed by atoms with Gasteiger partial charge in [0.1, 0.15) is 5.75 Å². The lowest BCUT2D eigenvalue weighted by Crippen LogP contribution is -2.02. The second-order valence-corrected chi connectivity index (χ2v) is 3.95. The molecule has 1 unspecified atom stereocenters. The average molecular weight is 207 g/mol. The first-order valence-electron chi connectivity index (χ1n) is 4.35. The number of ether oxygens (including phenoxy) is 1. The predicted molar refractivity (Wildman–Crippen MR) is 59.6 cm³/mol. The van der Waals surface area contributed by atoms with E-state index >= 15 is 0 Å². The van der Waals surface area contributed by atoms with E-state index in [0.29, 0.717) is 0 Å². The van der Waals surface area contributed by atoms with Gasteiger partial charge in [0.15, 0.2) is 0 Å². The molecule has 0 bridgehead atoms. The monoisotopic (exact) mass is 207 g/mol. The summed E-state index contributed by atoms with van der Waals surface area (Å²) < 4.78 is 5.06. The first kappa shape index (κ1) is 10.9. The van der Waals surface area contributed by atoms with Gasteiger partial charge in [0, 0.05) is 0 Å². The number of methoxy groups -OCH3 is 1. The molecular formula is C11H13NOS. The van der Waals surface area contributed by atoms with Crippen LogP contribution < -0.4 is 4.74 Å². The van der Waals surface area contributed by atoms with Gasteiger partial charge in [-0.1, -0.05) is 12.1 Å². The van der Waals surface area contributed by atoms with E-state index in [-0.39, 0.29) is 5.25 Å². The van der Waals surface area contributed by atoms with Gasteiger partial charge in [0.25, 0.3) is 0 Å². The summed E-state index contributed by atoms with van der Waals surface area (Å²) in [5.74, 6) is 0.853. The maximum absolute atomic E-state index is 8.79. The Morgan fingerprint density at radius 2 is 2.07 bits per heavy atom. The molecule has 0 aromatic heterocycles. The van der Waals surface area contributed by atoms with Crippen LogP contribution in [0.5, 0.6) is 5.75 Å². The van der Waals surface area contributed by atoms with Crippen LogP contribution in [0.2, 0.25) is 0 Å². The molecule has 0 aliphatic carbocycles. The van der Waals surface area contributed by atoms with Gasteiger partial charge in [0.05, 0.1) is 18.4 Å². The quantitative estimate of drug-likeness (QED) is 0.760. The van der Waals surface area contributed by atoms with E-state index in [9.17, 15) is 0 Å². The van der Waals surface area contributed by atoms with Gasteiger partial charge in [-0.15, -0.1) is 11.8 Å². The summed E-state index contributed by atoms with van der Waals surface area (Å²) in [5, 5.41) is 8.84. The van der Waals surface area contributed by atoms with Crippen molar-refractivity contribution in [2.24, 2.45) is 0 Å². The Hall–Kier alpha value is -1.14. The molecule has 0 saturated carbocycles. The van der Waals surface area contributed by atoms with Crippen molar-refractivity contribution >= 4 is 11.8 Å².